The molecule has 1 atom stereocenters. The molecule has 1 amide bonds. The number of ether oxygens (including phenoxy) is 1. The summed E-state index contributed by atoms with van der Waals surface area (Å²) in [4.78, 5) is 33.1. The fourth-order valence-corrected chi connectivity index (χ4v) is 5.84. The Hall–Kier alpha value is -3.97. The average Bonchev–Trinajstić information content (AvgIpc) is 3.42. The van der Waals surface area contributed by atoms with Crippen molar-refractivity contribution in [1.29, 1.82) is 0 Å². The summed E-state index contributed by atoms with van der Waals surface area (Å²) in [6.07, 6.45) is 0.862. The second-order valence-electron chi connectivity index (χ2n) is 8.92. The molecular weight excluding hydrogens is 472 g/mol. The zero-order valence-corrected chi connectivity index (χ0v) is 21.3. The Labute approximate surface area is 213 Å². The Morgan fingerprint density at radius 2 is 1.83 bits per heavy atom. The summed E-state index contributed by atoms with van der Waals surface area (Å²) in [7, 11) is 1.53. The number of benzene rings is 3. The number of hydrogen-bond donors (Lipinski definition) is 1. The Balaban J connectivity index is 1.73. The first-order valence-electron chi connectivity index (χ1n) is 11.7. The van der Waals surface area contributed by atoms with Gasteiger partial charge in [-0.1, -0.05) is 60.7 Å². The maximum Gasteiger partial charge on any atom is 0.301 e. The van der Waals surface area contributed by atoms with Crippen LogP contribution in [0.25, 0.3) is 16.0 Å². The van der Waals surface area contributed by atoms with Crippen molar-refractivity contribution in [1.82, 2.24) is 4.98 Å². The van der Waals surface area contributed by atoms with Crippen LogP contribution in [0, 0.1) is 13.8 Å². The largest absolute Gasteiger partial charge is 0.507 e. The summed E-state index contributed by atoms with van der Waals surface area (Å²) >= 11 is 1.37. The molecule has 6 nitrogen and oxygen atoms in total. The van der Waals surface area contributed by atoms with E-state index in [2.05, 4.69) is 6.92 Å². The summed E-state index contributed by atoms with van der Waals surface area (Å²) in [5.41, 5.74) is 5.20. The summed E-state index contributed by atoms with van der Waals surface area (Å²) in [5.74, 6) is -1.16. The lowest BCUT2D eigenvalue weighted by Crippen LogP contribution is -2.29. The van der Waals surface area contributed by atoms with E-state index in [0.717, 1.165) is 38.9 Å². The van der Waals surface area contributed by atoms with Gasteiger partial charge in [-0.25, -0.2) is 4.98 Å². The van der Waals surface area contributed by atoms with Crippen molar-refractivity contribution < 1.29 is 19.4 Å². The van der Waals surface area contributed by atoms with Crippen molar-refractivity contribution in [2.75, 3.05) is 12.0 Å². The molecule has 1 unspecified atom stereocenters. The van der Waals surface area contributed by atoms with Crippen LogP contribution < -0.4 is 9.64 Å². The second-order valence-corrected chi connectivity index (χ2v) is 9.93. The van der Waals surface area contributed by atoms with Crippen LogP contribution in [0.1, 0.15) is 40.8 Å². The lowest BCUT2D eigenvalue weighted by atomic mass is 9.94. The van der Waals surface area contributed by atoms with E-state index in [-0.39, 0.29) is 11.3 Å². The number of anilines is 1. The van der Waals surface area contributed by atoms with E-state index in [1.54, 1.807) is 24.3 Å². The predicted octanol–water partition coefficient (Wildman–Crippen LogP) is 6.11. The molecule has 1 fully saturated rings. The molecule has 1 aliphatic heterocycles. The van der Waals surface area contributed by atoms with Gasteiger partial charge in [-0.2, -0.15) is 0 Å². The van der Waals surface area contributed by atoms with Gasteiger partial charge >= 0.3 is 5.91 Å². The number of nitrogens with zero attached hydrogens (tertiary/aromatic N) is 2. The first-order chi connectivity index (χ1) is 17.3. The number of aliphatic hydroxyl groups excluding tert-OH is 1. The van der Waals surface area contributed by atoms with Gasteiger partial charge in [0.05, 0.1) is 28.9 Å². The summed E-state index contributed by atoms with van der Waals surface area (Å²) in [6, 6.07) is 17.8. The fraction of sp³-hybridized carbons (Fsp3) is 0.207. The average molecular weight is 499 g/mol. The molecule has 2 heterocycles. The molecule has 36 heavy (non-hydrogen) atoms. The van der Waals surface area contributed by atoms with Crippen LogP contribution in [0.3, 0.4) is 0 Å². The van der Waals surface area contributed by atoms with Crippen molar-refractivity contribution in [2.45, 2.75) is 33.2 Å². The van der Waals surface area contributed by atoms with Crippen LogP contribution in [0.15, 0.2) is 66.2 Å². The van der Waals surface area contributed by atoms with E-state index in [1.807, 2.05) is 50.2 Å². The number of carbonyl (C=O) groups excluding carboxylic acids is 2. The van der Waals surface area contributed by atoms with E-state index < -0.39 is 17.7 Å². The molecule has 7 heteroatoms. The molecule has 1 aliphatic rings. The smallest absolute Gasteiger partial charge is 0.301 e. The molecule has 0 spiro atoms. The minimum atomic E-state index is -0.816. The highest BCUT2D eigenvalue weighted by Crippen LogP contribution is 2.45. The maximum absolute atomic E-state index is 13.5. The van der Waals surface area contributed by atoms with E-state index >= 15 is 0 Å². The highest BCUT2D eigenvalue weighted by atomic mass is 32.1. The number of carbonyl (C=O) groups is 2. The van der Waals surface area contributed by atoms with Gasteiger partial charge in [0.15, 0.2) is 5.13 Å². The van der Waals surface area contributed by atoms with E-state index in [4.69, 9.17) is 9.72 Å². The first kappa shape index (κ1) is 23.8. The van der Waals surface area contributed by atoms with E-state index in [9.17, 15) is 14.7 Å². The Morgan fingerprint density at radius 3 is 2.53 bits per heavy atom. The quantitative estimate of drug-likeness (QED) is 0.204. The zero-order chi connectivity index (χ0) is 25.6. The van der Waals surface area contributed by atoms with Crippen LogP contribution in [-0.4, -0.2) is 28.9 Å². The SMILES string of the molecule is CCc1ccc(C2/C(=C(\O)c3cccc(OC)c3)C(=O)C(=O)N2c2nc3c(C)cc(C)cc3s2)cc1. The monoisotopic (exact) mass is 498 g/mol. The third-order valence-electron chi connectivity index (χ3n) is 6.52. The topological polar surface area (TPSA) is 79.7 Å². The lowest BCUT2D eigenvalue weighted by Gasteiger charge is -2.23. The number of hydrogen-bond acceptors (Lipinski definition) is 6. The molecule has 182 valence electrons. The van der Waals surface area contributed by atoms with Crippen LogP contribution in [0.4, 0.5) is 5.13 Å². The van der Waals surface area contributed by atoms with Gasteiger partial charge in [0.1, 0.15) is 11.5 Å². The van der Waals surface area contributed by atoms with Crippen LogP contribution in [-0.2, 0) is 16.0 Å². The Bertz CT molecular complexity index is 1530. The lowest BCUT2D eigenvalue weighted by molar-refractivity contribution is -0.132. The molecule has 0 bridgehead atoms. The van der Waals surface area contributed by atoms with Gasteiger partial charge in [0, 0.05) is 5.56 Å². The molecule has 3 aromatic carbocycles. The predicted molar refractivity (Wildman–Crippen MR) is 143 cm³/mol. The summed E-state index contributed by atoms with van der Waals surface area (Å²) in [6.45, 7) is 6.06. The molecule has 0 saturated carbocycles. The number of methoxy groups -OCH3 is 1. The Kier molecular flexibility index (Phi) is 6.10. The molecule has 0 aliphatic carbocycles. The number of fused-ring (bicyclic) bond motifs is 1. The molecular formula is C29H26N2O4S. The van der Waals surface area contributed by atoms with Gasteiger partial charge in [-0.05, 0) is 60.7 Å². The van der Waals surface area contributed by atoms with Gasteiger partial charge in [-0.15, -0.1) is 0 Å². The molecule has 1 saturated heterocycles. The first-order valence-corrected chi connectivity index (χ1v) is 12.6. The van der Waals surface area contributed by atoms with Crippen molar-refractivity contribution >= 4 is 44.1 Å². The third kappa shape index (κ3) is 3.95. The number of rotatable bonds is 5. The number of thiazole rings is 1. The zero-order valence-electron chi connectivity index (χ0n) is 20.5. The van der Waals surface area contributed by atoms with Gasteiger partial charge in [0.25, 0.3) is 5.78 Å². The van der Waals surface area contributed by atoms with Crippen molar-refractivity contribution in [2.24, 2.45) is 0 Å². The highest BCUT2D eigenvalue weighted by molar-refractivity contribution is 7.22. The number of aryl methyl sites for hydroxylation is 3. The van der Waals surface area contributed by atoms with E-state index in [1.165, 1.54) is 23.3 Å². The minimum Gasteiger partial charge on any atom is -0.507 e. The standard InChI is InChI=1S/C29H26N2O4S/c1-5-18-9-11-19(12-10-18)25-23(26(32)20-7-6-8-21(15-20)35-4)27(33)28(34)31(25)29-30-24-17(3)13-16(2)14-22(24)36-29/h6-15,25,32H,5H2,1-4H3/b26-23+. The van der Waals surface area contributed by atoms with Crippen molar-refractivity contribution in [3.8, 4) is 5.75 Å². The molecule has 1 N–H and O–H groups in total. The number of Topliss-reactive ketones (excluding diaryl/α,β-unsaturated/α-hetero) is 1. The van der Waals surface area contributed by atoms with Crippen molar-refractivity contribution in [3.63, 3.8) is 0 Å². The number of aliphatic hydroxyl groups is 1. The normalized spacial score (nSPS) is 17.2. The molecule has 1 aromatic heterocycles. The summed E-state index contributed by atoms with van der Waals surface area (Å²) < 4.78 is 6.24. The van der Waals surface area contributed by atoms with Gasteiger partial charge in [-0.3, -0.25) is 14.5 Å². The van der Waals surface area contributed by atoms with Crippen LogP contribution in [0.2, 0.25) is 0 Å². The maximum atomic E-state index is 13.5. The van der Waals surface area contributed by atoms with Crippen LogP contribution >= 0.6 is 11.3 Å². The van der Waals surface area contributed by atoms with Gasteiger partial charge < -0.3 is 9.84 Å². The Morgan fingerprint density at radius 1 is 1.08 bits per heavy atom. The number of aromatic nitrogens is 1. The van der Waals surface area contributed by atoms with Crippen molar-refractivity contribution in [3.05, 3.63) is 94.1 Å². The number of amides is 1. The third-order valence-corrected chi connectivity index (χ3v) is 7.52. The molecule has 0 radical (unpaired) electrons. The minimum absolute atomic E-state index is 0.0321. The fourth-order valence-electron chi connectivity index (χ4n) is 4.67. The molecule has 4 aromatic rings. The van der Waals surface area contributed by atoms with E-state index in [0.29, 0.717) is 16.4 Å². The molecule has 5 rings (SSSR count). The second kappa shape index (κ2) is 9.24. The highest BCUT2D eigenvalue weighted by Gasteiger charge is 2.48. The number of ketones is 1. The van der Waals surface area contributed by atoms with Gasteiger partial charge in [0.2, 0.25) is 0 Å². The summed E-state index contributed by atoms with van der Waals surface area (Å²) in [5, 5.41) is 11.8. The van der Waals surface area contributed by atoms with Crippen LogP contribution in [0.5, 0.6) is 5.75 Å².